The van der Waals surface area contributed by atoms with Crippen LogP contribution >= 0.6 is 12.3 Å². The average Bonchev–Trinajstić information content (AvgIpc) is 2.66. The molecule has 1 aliphatic carbocycles. The molecule has 0 heterocycles. The summed E-state index contributed by atoms with van der Waals surface area (Å²) in [6, 6.07) is 9.54. The minimum atomic E-state index is -0.369. The lowest BCUT2D eigenvalue weighted by Crippen LogP contribution is -2.23. The lowest BCUT2D eigenvalue weighted by molar-refractivity contribution is 0.0977. The highest BCUT2D eigenvalue weighted by atomic mass is 32.2. The number of benzene rings is 2. The molecule has 0 amide bonds. The molecule has 2 aromatic carbocycles. The molecule has 26 heavy (non-hydrogen) atoms. The Morgan fingerprint density at radius 2 is 1.62 bits per heavy atom. The molecule has 1 aliphatic rings. The van der Waals surface area contributed by atoms with Crippen molar-refractivity contribution in [1.82, 2.24) is 0 Å². The molecule has 3 rings (SSSR count). The van der Waals surface area contributed by atoms with E-state index >= 15 is 0 Å². The van der Waals surface area contributed by atoms with Gasteiger partial charge in [-0.2, -0.15) is 0 Å². The summed E-state index contributed by atoms with van der Waals surface area (Å²) < 4.78 is 18.4. The van der Waals surface area contributed by atoms with Crippen LogP contribution in [-0.2, 0) is 8.92 Å². The highest BCUT2D eigenvalue weighted by molar-refractivity contribution is 7.88. The average molecular weight is 375 g/mol. The van der Waals surface area contributed by atoms with Gasteiger partial charge in [-0.15, -0.1) is 0 Å². The second-order valence-electron chi connectivity index (χ2n) is 5.52. The quantitative estimate of drug-likeness (QED) is 0.314. The summed E-state index contributed by atoms with van der Waals surface area (Å²) in [5.74, 6) is -0.887. The maximum absolute atomic E-state index is 12.9. The summed E-state index contributed by atoms with van der Waals surface area (Å²) in [6.07, 6.45) is 0. The third kappa shape index (κ3) is 3.58. The molecule has 0 atom stereocenters. The largest absolute Gasteiger partial charge is 0.507 e. The van der Waals surface area contributed by atoms with Crippen LogP contribution in [0.25, 0.3) is 0 Å². The van der Waals surface area contributed by atoms with Crippen molar-refractivity contribution in [3.63, 3.8) is 0 Å². The number of fused-ring (bicyclic) bond motifs is 2. The van der Waals surface area contributed by atoms with Gasteiger partial charge < -0.3 is 19.7 Å². The van der Waals surface area contributed by atoms with Crippen molar-refractivity contribution in [1.29, 1.82) is 0 Å². The fourth-order valence-corrected chi connectivity index (χ4v) is 2.99. The molecule has 0 aliphatic heterocycles. The first-order chi connectivity index (χ1) is 12.6. The van der Waals surface area contributed by atoms with E-state index < -0.39 is 0 Å². The third-order valence-electron chi connectivity index (χ3n) is 3.98. The van der Waals surface area contributed by atoms with Crippen LogP contribution < -0.4 is 5.32 Å². The summed E-state index contributed by atoms with van der Waals surface area (Å²) >= 11 is 0.285. The summed E-state index contributed by atoms with van der Waals surface area (Å²) in [7, 11) is 0. The van der Waals surface area contributed by atoms with Gasteiger partial charge in [-0.05, 0) is 12.1 Å². The normalized spacial score (nSPS) is 12.7. The number of carbonyl (C=O) groups excluding carboxylic acids is 2. The Kier molecular flexibility index (Phi) is 5.89. The first kappa shape index (κ1) is 18.4. The molecule has 0 unspecified atom stereocenters. The zero-order chi connectivity index (χ0) is 18.5. The van der Waals surface area contributed by atoms with E-state index in [0.717, 1.165) is 0 Å². The fraction of sp³-hybridized carbons (Fsp3) is 0.222. The SMILES string of the molecule is O=C1c2ccccc2C(=O)c2c(NCCOCCOSO)ccc(O)c21. The molecule has 0 fully saturated rings. The summed E-state index contributed by atoms with van der Waals surface area (Å²) in [5.41, 5.74) is 1.29. The van der Waals surface area contributed by atoms with Crippen LogP contribution in [0.2, 0.25) is 0 Å². The van der Waals surface area contributed by atoms with E-state index in [2.05, 4.69) is 9.50 Å². The Bertz CT molecular complexity index is 838. The van der Waals surface area contributed by atoms with Gasteiger partial charge in [0, 0.05) is 23.4 Å². The molecule has 0 saturated carbocycles. The molecule has 3 N–H and O–H groups in total. The monoisotopic (exact) mass is 375 g/mol. The van der Waals surface area contributed by atoms with Crippen LogP contribution in [0.1, 0.15) is 31.8 Å². The molecule has 136 valence electrons. The smallest absolute Gasteiger partial charge is 0.198 e. The lowest BCUT2D eigenvalue weighted by atomic mass is 9.82. The molecule has 0 aromatic heterocycles. The number of nitrogens with one attached hydrogen (secondary N) is 1. The summed E-state index contributed by atoms with van der Waals surface area (Å²) in [5, 5.41) is 13.2. The fourth-order valence-electron chi connectivity index (χ4n) is 2.84. The molecule has 2 aromatic rings. The van der Waals surface area contributed by atoms with E-state index in [9.17, 15) is 14.7 Å². The number of phenolic OH excluding ortho intramolecular Hbond substituents is 1. The number of ether oxygens (including phenoxy) is 1. The van der Waals surface area contributed by atoms with Crippen LogP contribution in [0.4, 0.5) is 5.69 Å². The zero-order valence-corrected chi connectivity index (χ0v) is 14.5. The number of hydrogen-bond donors (Lipinski definition) is 3. The van der Waals surface area contributed by atoms with Gasteiger partial charge in [0.2, 0.25) is 0 Å². The van der Waals surface area contributed by atoms with Crippen molar-refractivity contribution in [3.05, 3.63) is 58.7 Å². The molecule has 0 radical (unpaired) electrons. The highest BCUT2D eigenvalue weighted by Crippen LogP contribution is 2.36. The van der Waals surface area contributed by atoms with Crippen LogP contribution in [0.5, 0.6) is 5.75 Å². The zero-order valence-electron chi connectivity index (χ0n) is 13.7. The van der Waals surface area contributed by atoms with Gasteiger partial charge in [-0.3, -0.25) is 13.8 Å². The van der Waals surface area contributed by atoms with Gasteiger partial charge in [-0.1, -0.05) is 24.3 Å². The van der Waals surface area contributed by atoms with Crippen molar-refractivity contribution in [2.24, 2.45) is 0 Å². The van der Waals surface area contributed by atoms with Gasteiger partial charge >= 0.3 is 0 Å². The van der Waals surface area contributed by atoms with Crippen molar-refractivity contribution in [2.75, 3.05) is 31.7 Å². The first-order valence-electron chi connectivity index (χ1n) is 7.94. The van der Waals surface area contributed by atoms with Crippen LogP contribution in [0.15, 0.2) is 36.4 Å². The maximum Gasteiger partial charge on any atom is 0.198 e. The number of carbonyl (C=O) groups is 2. The Balaban J connectivity index is 1.78. The maximum atomic E-state index is 12.9. The predicted molar refractivity (Wildman–Crippen MR) is 96.9 cm³/mol. The van der Waals surface area contributed by atoms with E-state index in [1.54, 1.807) is 30.3 Å². The number of ketones is 2. The number of hydrogen-bond acceptors (Lipinski definition) is 8. The standard InChI is InChI=1S/C18H17NO6S/c20-14-6-5-13(19-7-8-24-9-10-25-26-23)15-16(14)18(22)12-4-2-1-3-11(12)17(15)21/h1-6,19-20,23H,7-10H2. The summed E-state index contributed by atoms with van der Waals surface area (Å²) in [6.45, 7) is 1.30. The minimum Gasteiger partial charge on any atom is -0.507 e. The molecule has 0 spiro atoms. The van der Waals surface area contributed by atoms with Crippen molar-refractivity contribution in [3.8, 4) is 5.75 Å². The molecular weight excluding hydrogens is 358 g/mol. The Morgan fingerprint density at radius 3 is 2.31 bits per heavy atom. The van der Waals surface area contributed by atoms with Crippen LogP contribution in [0, 0.1) is 0 Å². The van der Waals surface area contributed by atoms with Gasteiger partial charge in [-0.25, -0.2) is 0 Å². The number of aromatic hydroxyl groups is 1. The van der Waals surface area contributed by atoms with Crippen LogP contribution in [-0.4, -0.2) is 47.6 Å². The molecule has 7 nitrogen and oxygen atoms in total. The van der Waals surface area contributed by atoms with E-state index in [-0.39, 0.29) is 47.4 Å². The highest BCUT2D eigenvalue weighted by Gasteiger charge is 2.33. The topological polar surface area (TPSA) is 105 Å². The van der Waals surface area contributed by atoms with Gasteiger partial charge in [0.15, 0.2) is 23.9 Å². The minimum absolute atomic E-state index is 0.0213. The van der Waals surface area contributed by atoms with E-state index in [1.165, 1.54) is 6.07 Å². The Labute approximate surface area is 154 Å². The molecule has 0 saturated heterocycles. The summed E-state index contributed by atoms with van der Waals surface area (Å²) in [4.78, 5) is 25.6. The van der Waals surface area contributed by atoms with Crippen LogP contribution in [0.3, 0.4) is 0 Å². The predicted octanol–water partition coefficient (Wildman–Crippen LogP) is 2.73. The van der Waals surface area contributed by atoms with Crippen molar-refractivity contribution >= 4 is 29.6 Å². The van der Waals surface area contributed by atoms with E-state index in [0.29, 0.717) is 36.6 Å². The Morgan fingerprint density at radius 1 is 0.923 bits per heavy atom. The second kappa shape index (κ2) is 8.33. The number of phenols is 1. The number of rotatable bonds is 8. The van der Waals surface area contributed by atoms with Gasteiger partial charge in [0.1, 0.15) is 5.75 Å². The number of anilines is 1. The van der Waals surface area contributed by atoms with Gasteiger partial charge in [0.25, 0.3) is 0 Å². The molecule has 8 heteroatoms. The molecular formula is C18H17NO6S. The third-order valence-corrected chi connectivity index (χ3v) is 4.25. The first-order valence-corrected chi connectivity index (χ1v) is 8.64. The lowest BCUT2D eigenvalue weighted by Gasteiger charge is -2.21. The van der Waals surface area contributed by atoms with Crippen molar-refractivity contribution in [2.45, 2.75) is 0 Å². The molecule has 0 bridgehead atoms. The Hall–Kier alpha value is -2.39. The van der Waals surface area contributed by atoms with Crippen molar-refractivity contribution < 1.29 is 28.2 Å². The van der Waals surface area contributed by atoms with E-state index in [4.69, 9.17) is 9.29 Å². The second-order valence-corrected chi connectivity index (χ2v) is 5.91. The van der Waals surface area contributed by atoms with Gasteiger partial charge in [0.05, 0.1) is 30.9 Å². The van der Waals surface area contributed by atoms with E-state index in [1.807, 2.05) is 0 Å².